The normalized spacial score (nSPS) is 12.4. The third kappa shape index (κ3) is 3.62. The van der Waals surface area contributed by atoms with Crippen LogP contribution < -0.4 is 19.5 Å². The predicted octanol–water partition coefficient (Wildman–Crippen LogP) is 3.53. The number of fused-ring (bicyclic) bond motifs is 1. The first-order chi connectivity index (χ1) is 12.6. The predicted molar refractivity (Wildman–Crippen MR) is 97.2 cm³/mol. The van der Waals surface area contributed by atoms with Crippen LogP contribution in [0.25, 0.3) is 6.08 Å². The molecule has 0 spiro atoms. The molecule has 0 aromatic heterocycles. The molecule has 0 bridgehead atoms. The van der Waals surface area contributed by atoms with E-state index >= 15 is 0 Å². The highest BCUT2D eigenvalue weighted by atomic mass is 16.7. The molecule has 1 heterocycles. The van der Waals surface area contributed by atoms with Crippen molar-refractivity contribution in [2.24, 2.45) is 0 Å². The molecule has 2 aromatic rings. The van der Waals surface area contributed by atoms with Crippen molar-refractivity contribution in [1.82, 2.24) is 0 Å². The zero-order valence-corrected chi connectivity index (χ0v) is 14.5. The Kier molecular flexibility index (Phi) is 5.09. The minimum atomic E-state index is -0.489. The Balaban J connectivity index is 1.85. The third-order valence-corrected chi connectivity index (χ3v) is 4.01. The number of hydrogen-bond donors (Lipinski definition) is 1. The van der Waals surface area contributed by atoms with Gasteiger partial charge in [-0.1, -0.05) is 19.1 Å². The molecule has 2 aromatic carbocycles. The van der Waals surface area contributed by atoms with E-state index in [9.17, 15) is 10.1 Å². The Labute approximate surface area is 151 Å². The lowest BCUT2D eigenvalue weighted by Crippen LogP contribution is -2.13. The summed E-state index contributed by atoms with van der Waals surface area (Å²) < 4.78 is 16.0. The van der Waals surface area contributed by atoms with Crippen LogP contribution in [0, 0.1) is 11.3 Å². The summed E-state index contributed by atoms with van der Waals surface area (Å²) in [6, 6.07) is 12.8. The molecule has 6 heteroatoms. The third-order valence-electron chi connectivity index (χ3n) is 4.01. The second-order valence-electron chi connectivity index (χ2n) is 5.62. The first kappa shape index (κ1) is 17.4. The lowest BCUT2D eigenvalue weighted by molar-refractivity contribution is -0.112. The monoisotopic (exact) mass is 350 g/mol. The van der Waals surface area contributed by atoms with Gasteiger partial charge in [-0.25, -0.2) is 0 Å². The van der Waals surface area contributed by atoms with Crippen LogP contribution in [0.3, 0.4) is 0 Å². The minimum Gasteiger partial charge on any atom is -0.496 e. The van der Waals surface area contributed by atoms with Crippen LogP contribution >= 0.6 is 0 Å². The van der Waals surface area contributed by atoms with Crippen molar-refractivity contribution in [3.05, 3.63) is 53.1 Å². The van der Waals surface area contributed by atoms with Crippen molar-refractivity contribution in [3.8, 4) is 23.3 Å². The Morgan fingerprint density at radius 2 is 1.96 bits per heavy atom. The van der Waals surface area contributed by atoms with Crippen molar-refractivity contribution in [3.63, 3.8) is 0 Å². The van der Waals surface area contributed by atoms with Crippen molar-refractivity contribution >= 4 is 17.7 Å². The van der Waals surface area contributed by atoms with Crippen LogP contribution in [-0.2, 0) is 11.2 Å². The van der Waals surface area contributed by atoms with Crippen LogP contribution in [0.5, 0.6) is 17.2 Å². The molecule has 0 radical (unpaired) electrons. The van der Waals surface area contributed by atoms with E-state index in [-0.39, 0.29) is 12.4 Å². The van der Waals surface area contributed by atoms with E-state index in [1.165, 1.54) is 18.7 Å². The second-order valence-corrected chi connectivity index (χ2v) is 5.62. The number of ether oxygens (including phenoxy) is 3. The molecule has 6 nitrogen and oxygen atoms in total. The molecule has 26 heavy (non-hydrogen) atoms. The number of carbonyl (C=O) groups excluding carboxylic acids is 1. The molecule has 0 aliphatic carbocycles. The first-order valence-corrected chi connectivity index (χ1v) is 8.14. The number of amides is 1. The number of methoxy groups -OCH3 is 1. The molecule has 0 atom stereocenters. The number of nitrogens with one attached hydrogen (secondary N) is 1. The number of benzene rings is 2. The minimum absolute atomic E-state index is 0.0401. The van der Waals surface area contributed by atoms with Gasteiger partial charge in [-0.05, 0) is 36.3 Å². The Hall–Kier alpha value is -3.46. The molecule has 1 aliphatic heterocycles. The van der Waals surface area contributed by atoms with Gasteiger partial charge in [-0.3, -0.25) is 4.79 Å². The summed E-state index contributed by atoms with van der Waals surface area (Å²) in [4.78, 5) is 12.4. The van der Waals surface area contributed by atoms with E-state index < -0.39 is 5.91 Å². The second kappa shape index (κ2) is 7.62. The Morgan fingerprint density at radius 1 is 1.27 bits per heavy atom. The van der Waals surface area contributed by atoms with Gasteiger partial charge in [0.1, 0.15) is 17.4 Å². The Bertz CT molecular complexity index is 895. The standard InChI is InChI=1S/C20H18N2O4/c1-3-13-4-6-16(7-5-13)22-20(23)15(11-21)8-14-9-18-19(26-12-25-18)10-17(14)24-2/h4-10H,3,12H2,1-2H3,(H,22,23)/b15-8+. The summed E-state index contributed by atoms with van der Waals surface area (Å²) in [6.07, 6.45) is 2.39. The number of hydrogen-bond acceptors (Lipinski definition) is 5. The fourth-order valence-electron chi connectivity index (χ4n) is 2.55. The van der Waals surface area contributed by atoms with E-state index in [0.29, 0.717) is 28.5 Å². The van der Waals surface area contributed by atoms with E-state index in [1.54, 1.807) is 12.1 Å². The highest BCUT2D eigenvalue weighted by Crippen LogP contribution is 2.38. The number of nitriles is 1. The van der Waals surface area contributed by atoms with Crippen molar-refractivity contribution < 1.29 is 19.0 Å². The maximum atomic E-state index is 12.4. The number of aryl methyl sites for hydroxylation is 1. The topological polar surface area (TPSA) is 80.6 Å². The highest BCUT2D eigenvalue weighted by Gasteiger charge is 2.18. The molecule has 1 aliphatic rings. The average Bonchev–Trinajstić information content (AvgIpc) is 3.13. The highest BCUT2D eigenvalue weighted by molar-refractivity contribution is 6.09. The van der Waals surface area contributed by atoms with E-state index in [4.69, 9.17) is 14.2 Å². The van der Waals surface area contributed by atoms with E-state index in [0.717, 1.165) is 6.42 Å². The van der Waals surface area contributed by atoms with Gasteiger partial charge in [0.2, 0.25) is 6.79 Å². The Morgan fingerprint density at radius 3 is 2.58 bits per heavy atom. The number of rotatable bonds is 5. The van der Waals surface area contributed by atoms with E-state index in [1.807, 2.05) is 30.3 Å². The lowest BCUT2D eigenvalue weighted by atomic mass is 10.1. The zero-order valence-electron chi connectivity index (χ0n) is 14.5. The van der Waals surface area contributed by atoms with Gasteiger partial charge in [0.05, 0.1) is 7.11 Å². The first-order valence-electron chi connectivity index (χ1n) is 8.14. The molecular formula is C20H18N2O4. The van der Waals surface area contributed by atoms with E-state index in [2.05, 4.69) is 12.2 Å². The van der Waals surface area contributed by atoms with Crippen LogP contribution in [-0.4, -0.2) is 19.8 Å². The zero-order chi connectivity index (χ0) is 18.5. The molecule has 1 amide bonds. The summed E-state index contributed by atoms with van der Waals surface area (Å²) in [7, 11) is 1.51. The molecule has 3 rings (SSSR count). The number of carbonyl (C=O) groups is 1. The summed E-state index contributed by atoms with van der Waals surface area (Å²) in [5, 5.41) is 12.1. The molecule has 0 fully saturated rings. The summed E-state index contributed by atoms with van der Waals surface area (Å²) >= 11 is 0. The van der Waals surface area contributed by atoms with Crippen LogP contribution in [0.2, 0.25) is 0 Å². The van der Waals surface area contributed by atoms with Gasteiger partial charge in [-0.2, -0.15) is 5.26 Å². The van der Waals surface area contributed by atoms with Gasteiger partial charge in [-0.15, -0.1) is 0 Å². The summed E-state index contributed by atoms with van der Waals surface area (Å²) in [6.45, 7) is 2.19. The SMILES string of the molecule is CCc1ccc(NC(=O)/C(C#N)=C/c2cc3c(cc2OC)OCO3)cc1. The van der Waals surface area contributed by atoms with Gasteiger partial charge in [0, 0.05) is 17.3 Å². The van der Waals surface area contributed by atoms with Gasteiger partial charge < -0.3 is 19.5 Å². The molecule has 0 saturated heterocycles. The number of anilines is 1. The molecule has 0 unspecified atom stereocenters. The van der Waals surface area contributed by atoms with Gasteiger partial charge in [0.15, 0.2) is 11.5 Å². The fraction of sp³-hybridized carbons (Fsp3) is 0.200. The van der Waals surface area contributed by atoms with Crippen LogP contribution in [0.1, 0.15) is 18.1 Å². The number of nitrogens with zero attached hydrogens (tertiary/aromatic N) is 1. The average molecular weight is 350 g/mol. The molecule has 1 N–H and O–H groups in total. The van der Waals surface area contributed by atoms with Crippen LogP contribution in [0.15, 0.2) is 42.0 Å². The molecule has 0 saturated carbocycles. The van der Waals surface area contributed by atoms with Crippen molar-refractivity contribution in [2.75, 3.05) is 19.2 Å². The smallest absolute Gasteiger partial charge is 0.266 e. The summed E-state index contributed by atoms with van der Waals surface area (Å²) in [5.74, 6) is 1.11. The van der Waals surface area contributed by atoms with Crippen molar-refractivity contribution in [1.29, 1.82) is 5.26 Å². The lowest BCUT2D eigenvalue weighted by Gasteiger charge is -2.08. The summed E-state index contributed by atoms with van der Waals surface area (Å²) in [5.41, 5.74) is 2.32. The van der Waals surface area contributed by atoms with Crippen LogP contribution in [0.4, 0.5) is 5.69 Å². The fourth-order valence-corrected chi connectivity index (χ4v) is 2.55. The largest absolute Gasteiger partial charge is 0.496 e. The quantitative estimate of drug-likeness (QED) is 0.659. The maximum absolute atomic E-state index is 12.4. The molecular weight excluding hydrogens is 332 g/mol. The van der Waals surface area contributed by atoms with Gasteiger partial charge in [0.25, 0.3) is 5.91 Å². The van der Waals surface area contributed by atoms with Gasteiger partial charge >= 0.3 is 0 Å². The maximum Gasteiger partial charge on any atom is 0.266 e. The molecule has 132 valence electrons. The van der Waals surface area contributed by atoms with Crippen molar-refractivity contribution in [2.45, 2.75) is 13.3 Å².